The normalized spacial score (nSPS) is 17.2. The van der Waals surface area contributed by atoms with Crippen LogP contribution in [-0.4, -0.2) is 13.3 Å². The summed E-state index contributed by atoms with van der Waals surface area (Å²) >= 11 is -2.10. The van der Waals surface area contributed by atoms with Crippen molar-refractivity contribution in [3.8, 4) is 11.1 Å². The van der Waals surface area contributed by atoms with Crippen LogP contribution in [0.3, 0.4) is 0 Å². The standard InChI is InChI=1S/C20H20Ge/c1-21(2,15-9-3-4-10-15)20-18-13-7-5-11-16(18)17-12-6-8-14-19(17)20/h3-15,20H,1-2H3. The average Bonchev–Trinajstić information content (AvgIpc) is 3.14. The number of rotatable bonds is 2. The number of allylic oxidation sites excluding steroid dienone is 4. The SMILES string of the molecule is [CH3][Ge]([CH3])([CH]1C=CC=C1)[CH]1c2ccccc2-c2ccccc21. The van der Waals surface area contributed by atoms with E-state index in [1.807, 2.05) is 0 Å². The van der Waals surface area contributed by atoms with Crippen molar-refractivity contribution in [2.75, 3.05) is 0 Å². The Hall–Kier alpha value is -1.54. The van der Waals surface area contributed by atoms with Crippen molar-refractivity contribution in [3.63, 3.8) is 0 Å². The second-order valence-corrected chi connectivity index (χ2v) is 17.0. The van der Waals surface area contributed by atoms with E-state index in [2.05, 4.69) is 84.3 Å². The molecule has 0 aromatic heterocycles. The topological polar surface area (TPSA) is 0 Å². The van der Waals surface area contributed by atoms with Crippen LogP contribution >= 0.6 is 0 Å². The molecule has 2 aliphatic carbocycles. The van der Waals surface area contributed by atoms with Gasteiger partial charge in [0, 0.05) is 0 Å². The predicted molar refractivity (Wildman–Crippen MR) is 93.2 cm³/mol. The molecule has 1 heteroatoms. The van der Waals surface area contributed by atoms with Gasteiger partial charge in [0.1, 0.15) is 0 Å². The van der Waals surface area contributed by atoms with Gasteiger partial charge in [-0.2, -0.15) is 0 Å². The molecule has 0 amide bonds. The zero-order valence-electron chi connectivity index (χ0n) is 12.6. The van der Waals surface area contributed by atoms with Gasteiger partial charge in [-0.15, -0.1) is 0 Å². The van der Waals surface area contributed by atoms with Gasteiger partial charge in [-0.3, -0.25) is 0 Å². The molecule has 2 aromatic rings. The first-order chi connectivity index (χ1) is 10.2. The molecule has 0 fully saturated rings. The first kappa shape index (κ1) is 13.1. The van der Waals surface area contributed by atoms with Gasteiger partial charge in [0.2, 0.25) is 0 Å². The van der Waals surface area contributed by atoms with E-state index < -0.39 is 13.3 Å². The van der Waals surface area contributed by atoms with Crippen LogP contribution in [0.2, 0.25) is 16.3 Å². The molecule has 2 aromatic carbocycles. The molecule has 0 heterocycles. The molecule has 0 saturated heterocycles. The van der Waals surface area contributed by atoms with E-state index in [4.69, 9.17) is 0 Å². The Kier molecular flexibility index (Phi) is 2.97. The van der Waals surface area contributed by atoms with Gasteiger partial charge in [-0.1, -0.05) is 0 Å². The molecule has 21 heavy (non-hydrogen) atoms. The average molecular weight is 333 g/mol. The summed E-state index contributed by atoms with van der Waals surface area (Å²) < 4.78 is 1.34. The van der Waals surface area contributed by atoms with Crippen LogP contribution in [0.4, 0.5) is 0 Å². The minimum atomic E-state index is -2.10. The molecule has 0 unspecified atom stereocenters. The molecule has 0 atom stereocenters. The van der Waals surface area contributed by atoms with E-state index >= 15 is 0 Å². The summed E-state index contributed by atoms with van der Waals surface area (Å²) in [7, 11) is 0. The molecule has 0 bridgehead atoms. The molecule has 0 nitrogen and oxygen atoms in total. The Bertz CT molecular complexity index is 694. The first-order valence-electron chi connectivity index (χ1n) is 7.73. The maximum absolute atomic E-state index is 2.59. The molecule has 4 rings (SSSR count). The third-order valence-electron chi connectivity index (χ3n) is 5.18. The fraction of sp³-hybridized carbons (Fsp3) is 0.200. The van der Waals surface area contributed by atoms with Crippen LogP contribution in [0.25, 0.3) is 11.1 Å². The van der Waals surface area contributed by atoms with Crippen molar-refractivity contribution in [1.82, 2.24) is 0 Å². The van der Waals surface area contributed by atoms with E-state index in [1.54, 1.807) is 11.1 Å². The number of fused-ring (bicyclic) bond motifs is 3. The molecule has 0 radical (unpaired) electrons. The Morgan fingerprint density at radius 2 is 1.19 bits per heavy atom. The van der Waals surface area contributed by atoms with E-state index in [-0.39, 0.29) is 0 Å². The van der Waals surface area contributed by atoms with Gasteiger partial charge in [-0.25, -0.2) is 0 Å². The Balaban J connectivity index is 1.93. The maximum atomic E-state index is 2.59. The molecule has 0 saturated carbocycles. The van der Waals surface area contributed by atoms with E-state index in [9.17, 15) is 0 Å². The van der Waals surface area contributed by atoms with Gasteiger partial charge < -0.3 is 0 Å². The quantitative estimate of drug-likeness (QED) is 0.633. The van der Waals surface area contributed by atoms with Crippen LogP contribution in [0.1, 0.15) is 15.9 Å². The fourth-order valence-corrected chi connectivity index (χ4v) is 11.9. The zero-order valence-corrected chi connectivity index (χ0v) is 14.7. The summed E-state index contributed by atoms with van der Waals surface area (Å²) in [6.07, 6.45) is 9.29. The van der Waals surface area contributed by atoms with E-state index in [0.717, 1.165) is 0 Å². The first-order valence-corrected chi connectivity index (χ1v) is 14.3. The van der Waals surface area contributed by atoms with Gasteiger partial charge in [0.05, 0.1) is 0 Å². The Labute approximate surface area is 129 Å². The molecule has 0 aliphatic heterocycles. The molecule has 2 aliphatic rings. The van der Waals surface area contributed by atoms with Crippen LogP contribution in [0.15, 0.2) is 72.8 Å². The molecule has 0 spiro atoms. The molecule has 0 N–H and O–H groups in total. The molecular formula is C20H20Ge. The van der Waals surface area contributed by atoms with Gasteiger partial charge in [0.15, 0.2) is 0 Å². The monoisotopic (exact) mass is 334 g/mol. The van der Waals surface area contributed by atoms with Crippen LogP contribution in [0.5, 0.6) is 0 Å². The zero-order chi connectivity index (χ0) is 14.4. The second-order valence-electron chi connectivity index (χ2n) is 6.72. The number of benzene rings is 2. The van der Waals surface area contributed by atoms with Crippen LogP contribution < -0.4 is 0 Å². The van der Waals surface area contributed by atoms with Crippen molar-refractivity contribution in [2.24, 2.45) is 0 Å². The summed E-state index contributed by atoms with van der Waals surface area (Å²) in [5.41, 5.74) is 6.06. The predicted octanol–water partition coefficient (Wildman–Crippen LogP) is 5.54. The summed E-state index contributed by atoms with van der Waals surface area (Å²) in [5, 5.41) is 0. The minimum absolute atomic E-state index is 0.648. The van der Waals surface area contributed by atoms with E-state index in [1.165, 1.54) is 11.1 Å². The van der Waals surface area contributed by atoms with Crippen molar-refractivity contribution >= 4 is 13.3 Å². The van der Waals surface area contributed by atoms with Gasteiger partial charge >= 0.3 is 129 Å². The number of hydrogen-bond acceptors (Lipinski definition) is 0. The molecule has 104 valence electrons. The Morgan fingerprint density at radius 1 is 0.714 bits per heavy atom. The number of hydrogen-bond donors (Lipinski definition) is 0. The second kappa shape index (κ2) is 4.74. The van der Waals surface area contributed by atoms with Gasteiger partial charge in [0.25, 0.3) is 0 Å². The fourth-order valence-electron chi connectivity index (χ4n) is 4.08. The van der Waals surface area contributed by atoms with E-state index in [0.29, 0.717) is 9.50 Å². The third kappa shape index (κ3) is 1.89. The van der Waals surface area contributed by atoms with Crippen molar-refractivity contribution < 1.29 is 0 Å². The van der Waals surface area contributed by atoms with Crippen molar-refractivity contribution in [2.45, 2.75) is 21.0 Å². The third-order valence-corrected chi connectivity index (χ3v) is 14.0. The Morgan fingerprint density at radius 3 is 1.71 bits per heavy atom. The van der Waals surface area contributed by atoms with Gasteiger partial charge in [-0.05, 0) is 0 Å². The summed E-state index contributed by atoms with van der Waals surface area (Å²) in [6, 6.07) is 18.1. The van der Waals surface area contributed by atoms with Crippen molar-refractivity contribution in [3.05, 3.63) is 84.0 Å². The van der Waals surface area contributed by atoms with Crippen LogP contribution in [0, 0.1) is 0 Å². The molecular weight excluding hydrogens is 313 g/mol. The van der Waals surface area contributed by atoms with Crippen LogP contribution in [-0.2, 0) is 0 Å². The summed E-state index contributed by atoms with van der Waals surface area (Å²) in [5.74, 6) is 5.18. The van der Waals surface area contributed by atoms with Crippen molar-refractivity contribution in [1.29, 1.82) is 0 Å². The summed E-state index contributed by atoms with van der Waals surface area (Å²) in [4.78, 5) is 0. The summed E-state index contributed by atoms with van der Waals surface area (Å²) in [6.45, 7) is 0.